The standard InChI is InChI=1S/C13H15N5O/c1-8-12(14)7-15-13(16-8)18-11-5-3-4-10(6-11)17-9(2)19/h3-7H,14H2,1-2H3,(H,17,19)(H,15,16,18). The third-order valence-corrected chi connectivity index (χ3v) is 2.46. The molecule has 0 aliphatic heterocycles. The molecule has 2 aromatic rings. The second-order valence-electron chi connectivity index (χ2n) is 4.12. The number of nitrogens with zero attached hydrogens (tertiary/aromatic N) is 2. The summed E-state index contributed by atoms with van der Waals surface area (Å²) in [6.45, 7) is 3.28. The zero-order valence-corrected chi connectivity index (χ0v) is 10.8. The molecule has 98 valence electrons. The molecule has 0 atom stereocenters. The molecular weight excluding hydrogens is 242 g/mol. The summed E-state index contributed by atoms with van der Waals surface area (Å²) >= 11 is 0. The van der Waals surface area contributed by atoms with Crippen LogP contribution in [0.3, 0.4) is 0 Å². The van der Waals surface area contributed by atoms with Crippen molar-refractivity contribution in [2.75, 3.05) is 16.4 Å². The van der Waals surface area contributed by atoms with E-state index in [0.717, 1.165) is 11.4 Å². The summed E-state index contributed by atoms with van der Waals surface area (Å²) in [5.41, 5.74) is 8.43. The van der Waals surface area contributed by atoms with Crippen molar-refractivity contribution in [3.8, 4) is 0 Å². The molecule has 1 amide bonds. The molecule has 0 unspecified atom stereocenters. The van der Waals surface area contributed by atoms with Crippen LogP contribution in [0.2, 0.25) is 0 Å². The maximum absolute atomic E-state index is 11.0. The van der Waals surface area contributed by atoms with Crippen LogP contribution in [0.4, 0.5) is 23.0 Å². The van der Waals surface area contributed by atoms with Crippen molar-refractivity contribution in [1.29, 1.82) is 0 Å². The molecule has 0 bridgehead atoms. The van der Waals surface area contributed by atoms with Gasteiger partial charge in [-0.25, -0.2) is 9.97 Å². The Morgan fingerprint density at radius 3 is 2.74 bits per heavy atom. The SMILES string of the molecule is CC(=O)Nc1cccc(Nc2ncc(N)c(C)n2)c1. The Hall–Kier alpha value is -2.63. The van der Waals surface area contributed by atoms with Crippen LogP contribution in [0.25, 0.3) is 0 Å². The number of hydrogen-bond acceptors (Lipinski definition) is 5. The van der Waals surface area contributed by atoms with Crippen LogP contribution >= 0.6 is 0 Å². The number of carbonyl (C=O) groups excluding carboxylic acids is 1. The van der Waals surface area contributed by atoms with E-state index in [-0.39, 0.29) is 5.91 Å². The number of nitrogen functional groups attached to an aromatic ring is 1. The van der Waals surface area contributed by atoms with Gasteiger partial charge in [0.1, 0.15) is 0 Å². The molecule has 1 aromatic heterocycles. The second-order valence-corrected chi connectivity index (χ2v) is 4.12. The molecule has 0 saturated heterocycles. The van der Waals surface area contributed by atoms with Gasteiger partial charge in [0.25, 0.3) is 0 Å². The summed E-state index contributed by atoms with van der Waals surface area (Å²) in [7, 11) is 0. The van der Waals surface area contributed by atoms with Gasteiger partial charge >= 0.3 is 0 Å². The van der Waals surface area contributed by atoms with Crippen LogP contribution in [0.1, 0.15) is 12.6 Å². The van der Waals surface area contributed by atoms with E-state index in [1.54, 1.807) is 12.3 Å². The molecule has 2 rings (SSSR count). The van der Waals surface area contributed by atoms with E-state index in [4.69, 9.17) is 5.73 Å². The maximum Gasteiger partial charge on any atom is 0.227 e. The first kappa shape index (κ1) is 12.8. The van der Waals surface area contributed by atoms with Crippen molar-refractivity contribution in [3.05, 3.63) is 36.2 Å². The van der Waals surface area contributed by atoms with Crippen LogP contribution in [0.5, 0.6) is 0 Å². The summed E-state index contributed by atoms with van der Waals surface area (Å²) in [6.07, 6.45) is 1.56. The summed E-state index contributed by atoms with van der Waals surface area (Å²) in [5, 5.41) is 5.77. The minimum Gasteiger partial charge on any atom is -0.396 e. The first-order chi connectivity index (χ1) is 9.04. The highest BCUT2D eigenvalue weighted by atomic mass is 16.1. The van der Waals surface area contributed by atoms with Gasteiger partial charge < -0.3 is 16.4 Å². The monoisotopic (exact) mass is 257 g/mol. The van der Waals surface area contributed by atoms with Gasteiger partial charge in [-0.05, 0) is 25.1 Å². The molecule has 1 heterocycles. The van der Waals surface area contributed by atoms with Gasteiger partial charge in [-0.15, -0.1) is 0 Å². The number of hydrogen-bond donors (Lipinski definition) is 3. The normalized spacial score (nSPS) is 10.0. The third-order valence-electron chi connectivity index (χ3n) is 2.46. The maximum atomic E-state index is 11.0. The largest absolute Gasteiger partial charge is 0.396 e. The average molecular weight is 257 g/mol. The van der Waals surface area contributed by atoms with Gasteiger partial charge in [-0.2, -0.15) is 0 Å². The average Bonchev–Trinajstić information content (AvgIpc) is 2.33. The van der Waals surface area contributed by atoms with Crippen LogP contribution in [-0.2, 0) is 4.79 Å². The van der Waals surface area contributed by atoms with Crippen molar-refractivity contribution < 1.29 is 4.79 Å². The molecule has 0 radical (unpaired) electrons. The fraction of sp³-hybridized carbons (Fsp3) is 0.154. The molecule has 4 N–H and O–H groups in total. The molecular formula is C13H15N5O. The molecule has 0 spiro atoms. The minimum atomic E-state index is -0.114. The van der Waals surface area contributed by atoms with Crippen molar-refractivity contribution in [1.82, 2.24) is 9.97 Å². The van der Waals surface area contributed by atoms with E-state index in [9.17, 15) is 4.79 Å². The number of rotatable bonds is 3. The zero-order valence-electron chi connectivity index (χ0n) is 10.8. The van der Waals surface area contributed by atoms with Crippen LogP contribution in [0, 0.1) is 6.92 Å². The van der Waals surface area contributed by atoms with Crippen molar-refractivity contribution >= 4 is 28.9 Å². The fourth-order valence-electron chi connectivity index (χ4n) is 1.54. The van der Waals surface area contributed by atoms with E-state index < -0.39 is 0 Å². The molecule has 19 heavy (non-hydrogen) atoms. The number of aromatic nitrogens is 2. The van der Waals surface area contributed by atoms with Crippen molar-refractivity contribution in [3.63, 3.8) is 0 Å². The van der Waals surface area contributed by atoms with Gasteiger partial charge in [0.2, 0.25) is 11.9 Å². The lowest BCUT2D eigenvalue weighted by atomic mass is 10.2. The van der Waals surface area contributed by atoms with Crippen LogP contribution in [0.15, 0.2) is 30.5 Å². The molecule has 0 aliphatic carbocycles. The highest BCUT2D eigenvalue weighted by molar-refractivity contribution is 5.89. The Balaban J connectivity index is 2.18. The third kappa shape index (κ3) is 3.41. The Morgan fingerprint density at radius 1 is 1.32 bits per heavy atom. The van der Waals surface area contributed by atoms with Crippen LogP contribution in [-0.4, -0.2) is 15.9 Å². The predicted octanol–water partition coefficient (Wildman–Crippen LogP) is 2.07. The van der Waals surface area contributed by atoms with E-state index in [2.05, 4.69) is 20.6 Å². The first-order valence-electron chi connectivity index (χ1n) is 5.78. The quantitative estimate of drug-likeness (QED) is 0.782. The Morgan fingerprint density at radius 2 is 2.05 bits per heavy atom. The van der Waals surface area contributed by atoms with E-state index in [1.807, 2.05) is 25.1 Å². The van der Waals surface area contributed by atoms with E-state index in [1.165, 1.54) is 6.92 Å². The molecule has 6 heteroatoms. The van der Waals surface area contributed by atoms with Gasteiger partial charge in [0.05, 0.1) is 17.6 Å². The number of nitrogens with one attached hydrogen (secondary N) is 2. The number of benzene rings is 1. The lowest BCUT2D eigenvalue weighted by molar-refractivity contribution is -0.114. The fourth-order valence-corrected chi connectivity index (χ4v) is 1.54. The summed E-state index contributed by atoms with van der Waals surface area (Å²) in [5.74, 6) is 0.350. The minimum absolute atomic E-state index is 0.114. The van der Waals surface area contributed by atoms with Crippen molar-refractivity contribution in [2.45, 2.75) is 13.8 Å². The van der Waals surface area contributed by atoms with E-state index >= 15 is 0 Å². The smallest absolute Gasteiger partial charge is 0.227 e. The number of anilines is 4. The zero-order chi connectivity index (χ0) is 13.8. The van der Waals surface area contributed by atoms with Gasteiger partial charge in [-0.3, -0.25) is 4.79 Å². The predicted molar refractivity (Wildman–Crippen MR) is 75.2 cm³/mol. The summed E-state index contributed by atoms with van der Waals surface area (Å²) < 4.78 is 0. The van der Waals surface area contributed by atoms with Gasteiger partial charge in [-0.1, -0.05) is 6.07 Å². The molecule has 0 saturated carbocycles. The second kappa shape index (κ2) is 5.34. The summed E-state index contributed by atoms with van der Waals surface area (Å²) in [4.78, 5) is 19.3. The number of nitrogens with two attached hydrogens (primary N) is 1. The lowest BCUT2D eigenvalue weighted by Gasteiger charge is -2.08. The topological polar surface area (TPSA) is 92.9 Å². The number of carbonyl (C=O) groups is 1. The number of amides is 1. The number of aryl methyl sites for hydroxylation is 1. The van der Waals surface area contributed by atoms with Crippen molar-refractivity contribution in [2.24, 2.45) is 0 Å². The lowest BCUT2D eigenvalue weighted by Crippen LogP contribution is -2.06. The highest BCUT2D eigenvalue weighted by Crippen LogP contribution is 2.18. The molecule has 6 nitrogen and oxygen atoms in total. The van der Waals surface area contributed by atoms with Crippen LogP contribution < -0.4 is 16.4 Å². The summed E-state index contributed by atoms with van der Waals surface area (Å²) in [6, 6.07) is 7.30. The van der Waals surface area contributed by atoms with Gasteiger partial charge in [0, 0.05) is 18.3 Å². The first-order valence-corrected chi connectivity index (χ1v) is 5.78. The Bertz CT molecular complexity index is 612. The molecule has 0 aliphatic rings. The Labute approximate surface area is 111 Å². The van der Waals surface area contributed by atoms with E-state index in [0.29, 0.717) is 17.3 Å². The highest BCUT2D eigenvalue weighted by Gasteiger charge is 2.02. The van der Waals surface area contributed by atoms with Gasteiger partial charge in [0.15, 0.2) is 0 Å². The Kier molecular flexibility index (Phi) is 3.61. The molecule has 0 fully saturated rings. The molecule has 1 aromatic carbocycles.